The number of methoxy groups -OCH3 is 1. The molecule has 0 unspecified atom stereocenters. The van der Waals surface area contributed by atoms with Crippen molar-refractivity contribution < 1.29 is 28.7 Å². The van der Waals surface area contributed by atoms with E-state index in [4.69, 9.17) is 26.8 Å². The standard InChI is InChI=1S/C33H40N12O6/c1-5-45-23(13-18(2)42-45)31(49)40-33-39-21-14-19(29(34)47)16-24(50-4)27(21)44(33)11-7-6-10-43-28-22(38-32(43)37-3)15-20(30(35)48)17-25(28)51-12-8-9-26(46)41-36/h6-7,13-17H,5,8-12,36H2,1-4H3,(H2,34,47)(H2,35,48)(H,37,38)(H,41,46)(H,39,40,49)/b7-6+. The Labute approximate surface area is 291 Å². The van der Waals surface area contributed by atoms with Gasteiger partial charge >= 0.3 is 0 Å². The number of nitrogens with two attached hydrogens (primary N) is 3. The van der Waals surface area contributed by atoms with Gasteiger partial charge in [-0.05, 0) is 50.6 Å². The van der Waals surface area contributed by atoms with Crippen LogP contribution in [0.25, 0.3) is 22.1 Å². The molecule has 2 aromatic carbocycles. The lowest BCUT2D eigenvalue weighted by atomic mass is 10.1. The Hall–Kier alpha value is -6.43. The maximum Gasteiger partial charge on any atom is 0.276 e. The number of anilines is 2. The predicted octanol–water partition coefficient (Wildman–Crippen LogP) is 1.82. The van der Waals surface area contributed by atoms with Crippen molar-refractivity contribution in [3.05, 3.63) is 65.0 Å². The van der Waals surface area contributed by atoms with E-state index in [1.54, 1.807) is 41.4 Å². The van der Waals surface area contributed by atoms with Crippen LogP contribution < -0.4 is 42.8 Å². The molecule has 18 heteroatoms. The molecular weight excluding hydrogens is 660 g/mol. The molecule has 3 heterocycles. The van der Waals surface area contributed by atoms with Gasteiger partial charge in [0.2, 0.25) is 29.6 Å². The lowest BCUT2D eigenvalue weighted by Gasteiger charge is -2.13. The molecule has 0 aliphatic rings. The molecule has 0 fully saturated rings. The van der Waals surface area contributed by atoms with Gasteiger partial charge in [-0.15, -0.1) is 0 Å². The maximum absolute atomic E-state index is 13.5. The van der Waals surface area contributed by atoms with Gasteiger partial charge in [0, 0.05) is 44.2 Å². The summed E-state index contributed by atoms with van der Waals surface area (Å²) in [7, 11) is 3.18. The van der Waals surface area contributed by atoms with Gasteiger partial charge in [0.25, 0.3) is 5.91 Å². The second-order valence-corrected chi connectivity index (χ2v) is 11.4. The first kappa shape index (κ1) is 35.9. The van der Waals surface area contributed by atoms with Crippen molar-refractivity contribution in [2.45, 2.75) is 46.3 Å². The van der Waals surface area contributed by atoms with Crippen LogP contribution in [-0.2, 0) is 24.4 Å². The Bertz CT molecular complexity index is 2160. The summed E-state index contributed by atoms with van der Waals surface area (Å²) < 4.78 is 16.9. The molecule has 0 saturated heterocycles. The molecule has 0 spiro atoms. The van der Waals surface area contributed by atoms with Crippen LogP contribution in [0.4, 0.5) is 11.9 Å². The summed E-state index contributed by atoms with van der Waals surface area (Å²) in [5.74, 6) is 4.54. The van der Waals surface area contributed by atoms with Crippen molar-refractivity contribution in [2.75, 3.05) is 31.4 Å². The number of benzene rings is 2. The van der Waals surface area contributed by atoms with Gasteiger partial charge in [0.05, 0.1) is 30.4 Å². The van der Waals surface area contributed by atoms with Gasteiger partial charge in [0.1, 0.15) is 28.2 Å². The van der Waals surface area contributed by atoms with Crippen molar-refractivity contribution in [1.82, 2.24) is 34.3 Å². The number of hydrogen-bond donors (Lipinski definition) is 6. The zero-order valence-electron chi connectivity index (χ0n) is 28.6. The van der Waals surface area contributed by atoms with Crippen molar-refractivity contribution in [2.24, 2.45) is 17.3 Å². The van der Waals surface area contributed by atoms with E-state index in [-0.39, 0.29) is 42.6 Å². The van der Waals surface area contributed by atoms with E-state index in [2.05, 4.69) is 31.1 Å². The molecule has 3 aromatic heterocycles. The predicted molar refractivity (Wildman–Crippen MR) is 189 cm³/mol. The Morgan fingerprint density at radius 1 is 0.882 bits per heavy atom. The third-order valence-electron chi connectivity index (χ3n) is 8.00. The number of ether oxygens (including phenoxy) is 2. The second-order valence-electron chi connectivity index (χ2n) is 11.4. The van der Waals surface area contributed by atoms with E-state index in [1.807, 2.05) is 23.6 Å². The summed E-state index contributed by atoms with van der Waals surface area (Å²) in [6.07, 6.45) is 4.28. The number of amides is 4. The molecule has 0 aliphatic heterocycles. The van der Waals surface area contributed by atoms with E-state index in [0.29, 0.717) is 70.4 Å². The average Bonchev–Trinajstić information content (AvgIpc) is 3.79. The zero-order valence-corrected chi connectivity index (χ0v) is 28.6. The van der Waals surface area contributed by atoms with E-state index >= 15 is 0 Å². The number of carbonyl (C=O) groups excluding carboxylic acids is 4. The molecule has 0 bridgehead atoms. The largest absolute Gasteiger partial charge is 0.494 e. The lowest BCUT2D eigenvalue weighted by Crippen LogP contribution is -2.30. The Morgan fingerprint density at radius 3 is 2.04 bits per heavy atom. The third kappa shape index (κ3) is 7.59. The smallest absolute Gasteiger partial charge is 0.276 e. The molecule has 9 N–H and O–H groups in total. The van der Waals surface area contributed by atoms with Crippen molar-refractivity contribution in [3.63, 3.8) is 0 Å². The molecule has 0 atom stereocenters. The number of imidazole rings is 2. The summed E-state index contributed by atoms with van der Waals surface area (Å²) >= 11 is 0. The van der Waals surface area contributed by atoms with Gasteiger partial charge in [-0.3, -0.25) is 34.6 Å². The maximum atomic E-state index is 13.5. The number of hydrazine groups is 1. The van der Waals surface area contributed by atoms with Crippen LogP contribution in [0.3, 0.4) is 0 Å². The first-order valence-corrected chi connectivity index (χ1v) is 16.0. The minimum absolute atomic E-state index is 0.154. The minimum atomic E-state index is -0.655. The van der Waals surface area contributed by atoms with Crippen molar-refractivity contribution in [1.29, 1.82) is 0 Å². The molecule has 5 aromatic rings. The number of allylic oxidation sites excluding steroid dienone is 2. The molecule has 0 aliphatic carbocycles. The van der Waals surface area contributed by atoms with Gasteiger partial charge in [-0.25, -0.2) is 15.8 Å². The highest BCUT2D eigenvalue weighted by Gasteiger charge is 2.22. The minimum Gasteiger partial charge on any atom is -0.494 e. The van der Waals surface area contributed by atoms with Gasteiger partial charge in [-0.2, -0.15) is 5.10 Å². The van der Waals surface area contributed by atoms with Crippen molar-refractivity contribution in [3.8, 4) is 11.5 Å². The third-order valence-corrected chi connectivity index (χ3v) is 8.00. The highest BCUT2D eigenvalue weighted by Crippen LogP contribution is 2.33. The topological polar surface area (TPSA) is 254 Å². The fourth-order valence-corrected chi connectivity index (χ4v) is 5.63. The molecule has 5 rings (SSSR count). The van der Waals surface area contributed by atoms with Crippen molar-refractivity contribution >= 4 is 57.6 Å². The average molecular weight is 701 g/mol. The van der Waals surface area contributed by atoms with Crippen LogP contribution in [-0.4, -0.2) is 73.3 Å². The summed E-state index contributed by atoms with van der Waals surface area (Å²) in [6.45, 7) is 4.88. The highest BCUT2D eigenvalue weighted by molar-refractivity contribution is 6.04. The summed E-state index contributed by atoms with van der Waals surface area (Å²) in [5.41, 5.74) is 16.7. The van der Waals surface area contributed by atoms with Crippen LogP contribution in [0.15, 0.2) is 42.5 Å². The SMILES string of the molecule is CCn1nc(C)cc1C(=O)Nc1nc2cc(C(N)=O)cc(OC)c2n1C/C=C/Cn1c(NC)nc2cc(C(N)=O)cc(OCCCC(=O)NN)c21. The summed E-state index contributed by atoms with van der Waals surface area (Å²) in [5, 5.41) is 10.3. The molecule has 268 valence electrons. The number of nitrogens with one attached hydrogen (secondary N) is 3. The van der Waals surface area contributed by atoms with Crippen LogP contribution in [0.5, 0.6) is 11.5 Å². The van der Waals surface area contributed by atoms with Gasteiger partial charge in [-0.1, -0.05) is 12.2 Å². The normalized spacial score (nSPS) is 11.3. The van der Waals surface area contributed by atoms with E-state index < -0.39 is 17.7 Å². The molecule has 18 nitrogen and oxygen atoms in total. The fraction of sp³-hybridized carbons (Fsp3) is 0.303. The van der Waals surface area contributed by atoms with Crippen LogP contribution in [0, 0.1) is 6.92 Å². The molecule has 0 saturated carbocycles. The molecule has 51 heavy (non-hydrogen) atoms. The number of carbonyl (C=O) groups is 4. The number of hydrogen-bond acceptors (Lipinski definition) is 11. The molecule has 4 amide bonds. The number of aryl methyl sites for hydroxylation is 2. The quantitative estimate of drug-likeness (QED) is 0.0285. The second kappa shape index (κ2) is 15.4. The number of primary amides is 2. The number of nitrogens with zero attached hydrogens (tertiary/aromatic N) is 6. The van der Waals surface area contributed by atoms with Gasteiger partial charge < -0.3 is 35.4 Å². The lowest BCUT2D eigenvalue weighted by molar-refractivity contribution is -0.121. The molecule has 0 radical (unpaired) electrons. The van der Waals surface area contributed by atoms with Crippen LogP contribution in [0.2, 0.25) is 0 Å². The first-order chi connectivity index (χ1) is 24.5. The fourth-order valence-electron chi connectivity index (χ4n) is 5.63. The van der Waals surface area contributed by atoms with E-state index in [1.165, 1.54) is 19.2 Å². The summed E-state index contributed by atoms with van der Waals surface area (Å²) in [6, 6.07) is 7.87. The van der Waals surface area contributed by atoms with Crippen LogP contribution in [0.1, 0.15) is 56.7 Å². The number of rotatable bonds is 16. The summed E-state index contributed by atoms with van der Waals surface area (Å²) in [4.78, 5) is 58.5. The molecular formula is C33H40N12O6. The zero-order chi connectivity index (χ0) is 36.8. The van der Waals surface area contributed by atoms with E-state index in [9.17, 15) is 19.2 Å². The Kier molecular flexibility index (Phi) is 10.8. The number of fused-ring (bicyclic) bond motifs is 2. The Morgan fingerprint density at radius 2 is 1.47 bits per heavy atom. The van der Waals surface area contributed by atoms with E-state index in [0.717, 1.165) is 0 Å². The Balaban J connectivity index is 1.50. The van der Waals surface area contributed by atoms with Crippen LogP contribution >= 0.6 is 0 Å². The highest BCUT2D eigenvalue weighted by atomic mass is 16.5. The first-order valence-electron chi connectivity index (χ1n) is 16.0. The monoisotopic (exact) mass is 700 g/mol. The number of aromatic nitrogens is 6. The van der Waals surface area contributed by atoms with Gasteiger partial charge in [0.15, 0.2) is 0 Å².